The Bertz CT molecular complexity index is 903. The highest BCUT2D eigenvalue weighted by Crippen LogP contribution is 2.37. The summed E-state index contributed by atoms with van der Waals surface area (Å²) in [6.45, 7) is 5.47. The highest BCUT2D eigenvalue weighted by atomic mass is 32.2. The van der Waals surface area contributed by atoms with Crippen LogP contribution in [0.25, 0.3) is 10.9 Å². The predicted molar refractivity (Wildman–Crippen MR) is 96.5 cm³/mol. The molecule has 2 aromatic rings. The predicted octanol–water partition coefficient (Wildman–Crippen LogP) is 3.02. The number of hydrogen-bond donors (Lipinski definition) is 1. The molecule has 1 N–H and O–H groups in total. The van der Waals surface area contributed by atoms with E-state index in [1.54, 1.807) is 20.0 Å². The molecule has 1 amide bonds. The van der Waals surface area contributed by atoms with Crippen LogP contribution in [0.5, 0.6) is 0 Å². The first-order valence-electron chi connectivity index (χ1n) is 7.79. The molecule has 0 aliphatic heterocycles. The van der Waals surface area contributed by atoms with Crippen LogP contribution < -0.4 is 4.72 Å². The maximum Gasteiger partial charge on any atom is 0.249 e. The average molecular weight is 364 g/mol. The Morgan fingerprint density at radius 3 is 2.67 bits per heavy atom. The van der Waals surface area contributed by atoms with E-state index in [0.29, 0.717) is 12.8 Å². The zero-order valence-electron chi connectivity index (χ0n) is 13.9. The molecule has 24 heavy (non-hydrogen) atoms. The van der Waals surface area contributed by atoms with Gasteiger partial charge in [-0.3, -0.25) is 14.5 Å². The summed E-state index contributed by atoms with van der Waals surface area (Å²) in [6, 6.07) is 7.82. The molecule has 5 nitrogen and oxygen atoms in total. The van der Waals surface area contributed by atoms with E-state index in [1.165, 1.54) is 11.8 Å². The van der Waals surface area contributed by atoms with E-state index in [2.05, 4.69) is 9.71 Å². The molecule has 1 heterocycles. The standard InChI is InChI=1S/C17H20N2O3S2/c1-11-4-7-14-13(10-11)15(8-9-18-14)23-17(2,3)16(20)19-24(21,22)12-5-6-12/h4,7-10,12H,5-6H2,1-3H3,(H,19,20). The number of pyridine rings is 1. The Balaban J connectivity index is 1.86. The number of amides is 1. The van der Waals surface area contributed by atoms with Gasteiger partial charge in [-0.05, 0) is 51.8 Å². The third-order valence-corrected chi connectivity index (χ3v) is 7.06. The molecule has 0 saturated heterocycles. The van der Waals surface area contributed by atoms with Gasteiger partial charge in [-0.15, -0.1) is 11.8 Å². The zero-order chi connectivity index (χ0) is 17.5. The summed E-state index contributed by atoms with van der Waals surface area (Å²) >= 11 is 1.35. The highest BCUT2D eigenvalue weighted by Gasteiger charge is 2.40. The van der Waals surface area contributed by atoms with E-state index in [-0.39, 0.29) is 0 Å². The first kappa shape index (κ1) is 17.2. The number of aromatic nitrogens is 1. The summed E-state index contributed by atoms with van der Waals surface area (Å²) in [6.07, 6.45) is 2.96. The minimum absolute atomic E-state index is 0.411. The first-order valence-corrected chi connectivity index (χ1v) is 10.2. The number of benzene rings is 1. The van der Waals surface area contributed by atoms with Crippen LogP contribution >= 0.6 is 11.8 Å². The summed E-state index contributed by atoms with van der Waals surface area (Å²) in [5.41, 5.74) is 1.96. The van der Waals surface area contributed by atoms with Gasteiger partial charge in [0.05, 0.1) is 15.5 Å². The van der Waals surface area contributed by atoms with E-state index < -0.39 is 25.9 Å². The second-order valence-corrected chi connectivity index (χ2v) is 10.2. The molecule has 1 aromatic carbocycles. The maximum atomic E-state index is 12.5. The van der Waals surface area contributed by atoms with Gasteiger partial charge >= 0.3 is 0 Å². The van der Waals surface area contributed by atoms with Crippen molar-refractivity contribution in [3.63, 3.8) is 0 Å². The van der Waals surface area contributed by atoms with Crippen molar-refractivity contribution in [2.75, 3.05) is 0 Å². The summed E-state index contributed by atoms with van der Waals surface area (Å²) in [7, 11) is -3.54. The number of hydrogen-bond acceptors (Lipinski definition) is 5. The lowest BCUT2D eigenvalue weighted by atomic mass is 10.1. The lowest BCUT2D eigenvalue weighted by Crippen LogP contribution is -2.44. The van der Waals surface area contributed by atoms with E-state index >= 15 is 0 Å². The van der Waals surface area contributed by atoms with Crippen molar-refractivity contribution in [2.24, 2.45) is 0 Å². The second kappa shape index (κ2) is 6.04. The average Bonchev–Trinajstić information content (AvgIpc) is 3.32. The topological polar surface area (TPSA) is 76.1 Å². The van der Waals surface area contributed by atoms with Crippen molar-refractivity contribution in [2.45, 2.75) is 48.5 Å². The Morgan fingerprint density at radius 2 is 2.00 bits per heavy atom. The zero-order valence-corrected chi connectivity index (χ0v) is 15.5. The molecule has 0 spiro atoms. The molecular weight excluding hydrogens is 344 g/mol. The SMILES string of the molecule is Cc1ccc2nccc(SC(C)(C)C(=O)NS(=O)(=O)C3CC3)c2c1. The van der Waals surface area contributed by atoms with Crippen LogP contribution in [0.15, 0.2) is 35.4 Å². The monoisotopic (exact) mass is 364 g/mol. The van der Waals surface area contributed by atoms with Crippen LogP contribution in [0.1, 0.15) is 32.3 Å². The van der Waals surface area contributed by atoms with Crippen molar-refractivity contribution in [3.8, 4) is 0 Å². The maximum absolute atomic E-state index is 12.5. The third kappa shape index (κ3) is 3.57. The molecule has 1 aromatic heterocycles. The molecule has 1 fully saturated rings. The molecule has 1 aliphatic rings. The van der Waals surface area contributed by atoms with E-state index in [9.17, 15) is 13.2 Å². The molecule has 128 valence electrons. The number of carbonyl (C=O) groups is 1. The Labute approximate surface area is 146 Å². The van der Waals surface area contributed by atoms with Gasteiger partial charge in [0.15, 0.2) is 0 Å². The Morgan fingerprint density at radius 1 is 1.29 bits per heavy atom. The van der Waals surface area contributed by atoms with Crippen molar-refractivity contribution < 1.29 is 13.2 Å². The van der Waals surface area contributed by atoms with Crippen molar-refractivity contribution >= 4 is 38.6 Å². The number of nitrogens with one attached hydrogen (secondary N) is 1. The Hall–Kier alpha value is -1.60. The molecule has 3 rings (SSSR count). The number of aryl methyl sites for hydroxylation is 1. The molecule has 0 radical (unpaired) electrons. The largest absolute Gasteiger partial charge is 0.272 e. The van der Waals surface area contributed by atoms with E-state index in [4.69, 9.17) is 0 Å². The van der Waals surface area contributed by atoms with Gasteiger partial charge in [-0.1, -0.05) is 11.6 Å². The van der Waals surface area contributed by atoms with Gasteiger partial charge in [0.1, 0.15) is 0 Å². The van der Waals surface area contributed by atoms with Crippen molar-refractivity contribution in [1.82, 2.24) is 9.71 Å². The van der Waals surface area contributed by atoms with Gasteiger partial charge in [0.25, 0.3) is 0 Å². The fourth-order valence-electron chi connectivity index (χ4n) is 2.36. The molecule has 1 saturated carbocycles. The van der Waals surface area contributed by atoms with Gasteiger partial charge in [0, 0.05) is 16.5 Å². The quantitative estimate of drug-likeness (QED) is 0.825. The van der Waals surface area contributed by atoms with E-state index in [1.807, 2.05) is 31.2 Å². The van der Waals surface area contributed by atoms with Crippen LogP contribution in [-0.4, -0.2) is 29.3 Å². The molecule has 1 aliphatic carbocycles. The van der Waals surface area contributed by atoms with Gasteiger partial charge in [0.2, 0.25) is 15.9 Å². The normalized spacial score (nSPS) is 15.5. The highest BCUT2D eigenvalue weighted by molar-refractivity contribution is 8.01. The number of fused-ring (bicyclic) bond motifs is 1. The van der Waals surface area contributed by atoms with Gasteiger partial charge in [-0.25, -0.2) is 8.42 Å². The van der Waals surface area contributed by atoms with Crippen LogP contribution in [0.3, 0.4) is 0 Å². The minimum Gasteiger partial charge on any atom is -0.272 e. The molecule has 0 atom stereocenters. The van der Waals surface area contributed by atoms with Crippen LogP contribution in [0.2, 0.25) is 0 Å². The lowest BCUT2D eigenvalue weighted by Gasteiger charge is -2.23. The number of carbonyl (C=O) groups excluding carboxylic acids is 1. The van der Waals surface area contributed by atoms with Crippen LogP contribution in [0, 0.1) is 6.92 Å². The lowest BCUT2D eigenvalue weighted by molar-refractivity contribution is -0.120. The second-order valence-electron chi connectivity index (χ2n) is 6.62. The summed E-state index contributed by atoms with van der Waals surface area (Å²) < 4.78 is 25.3. The summed E-state index contributed by atoms with van der Waals surface area (Å²) in [5, 5.41) is 0.556. The molecule has 0 bridgehead atoms. The number of sulfonamides is 1. The molecule has 0 unspecified atom stereocenters. The smallest absolute Gasteiger partial charge is 0.249 e. The Kier molecular flexibility index (Phi) is 4.34. The number of rotatable bonds is 5. The van der Waals surface area contributed by atoms with Gasteiger partial charge < -0.3 is 0 Å². The minimum atomic E-state index is -3.54. The van der Waals surface area contributed by atoms with Crippen LogP contribution in [-0.2, 0) is 14.8 Å². The molecular formula is C17H20N2O3S2. The number of nitrogens with zero attached hydrogens (tertiary/aromatic N) is 1. The first-order chi connectivity index (χ1) is 11.2. The van der Waals surface area contributed by atoms with Gasteiger partial charge in [-0.2, -0.15) is 0 Å². The van der Waals surface area contributed by atoms with E-state index in [0.717, 1.165) is 21.4 Å². The fraction of sp³-hybridized carbons (Fsp3) is 0.412. The summed E-state index contributed by atoms with van der Waals surface area (Å²) in [4.78, 5) is 17.7. The van der Waals surface area contributed by atoms with Crippen molar-refractivity contribution in [3.05, 3.63) is 36.0 Å². The number of thioether (sulfide) groups is 1. The molecule has 7 heteroatoms. The van der Waals surface area contributed by atoms with Crippen LogP contribution in [0.4, 0.5) is 0 Å². The third-order valence-electron chi connectivity index (χ3n) is 3.97. The van der Waals surface area contributed by atoms with Crippen molar-refractivity contribution in [1.29, 1.82) is 0 Å². The fourth-order valence-corrected chi connectivity index (χ4v) is 4.96. The summed E-state index contributed by atoms with van der Waals surface area (Å²) in [5.74, 6) is -0.489.